The predicted octanol–water partition coefficient (Wildman–Crippen LogP) is 0.953. The SMILES string of the molecule is N=C(N)c1ccc(NC(=O)c2cc(Cl)ccc2NCC2CN(S(N)(=O)=O)CCN2CCC(=O)O)cc1. The zero-order valence-corrected chi connectivity index (χ0v) is 20.8. The number of aliphatic carboxylic acids is 1. The Labute approximate surface area is 213 Å². The first kappa shape index (κ1) is 27.4. The van der Waals surface area contributed by atoms with Crippen LogP contribution in [0.3, 0.4) is 0 Å². The first-order valence-electron chi connectivity index (χ1n) is 11.0. The lowest BCUT2D eigenvalue weighted by Gasteiger charge is -2.40. The highest BCUT2D eigenvalue weighted by atomic mass is 35.5. The Morgan fingerprint density at radius 3 is 2.47 bits per heavy atom. The molecule has 1 aliphatic rings. The van der Waals surface area contributed by atoms with Crippen LogP contribution in [0.25, 0.3) is 0 Å². The van der Waals surface area contributed by atoms with Crippen molar-refractivity contribution in [1.29, 1.82) is 5.41 Å². The van der Waals surface area contributed by atoms with Crippen molar-refractivity contribution in [2.75, 3.05) is 43.4 Å². The monoisotopic (exact) mass is 537 g/mol. The highest BCUT2D eigenvalue weighted by Crippen LogP contribution is 2.23. The number of benzene rings is 2. The van der Waals surface area contributed by atoms with Gasteiger partial charge >= 0.3 is 5.97 Å². The summed E-state index contributed by atoms with van der Waals surface area (Å²) < 4.78 is 24.9. The molecule has 8 N–H and O–H groups in total. The lowest BCUT2D eigenvalue weighted by molar-refractivity contribution is -0.137. The van der Waals surface area contributed by atoms with Crippen molar-refractivity contribution in [3.8, 4) is 0 Å². The summed E-state index contributed by atoms with van der Waals surface area (Å²) in [7, 11) is -3.91. The van der Waals surface area contributed by atoms with Crippen LogP contribution in [0.15, 0.2) is 42.5 Å². The second-order valence-corrected chi connectivity index (χ2v) is 10.2. The largest absolute Gasteiger partial charge is 0.481 e. The number of halogens is 1. The van der Waals surface area contributed by atoms with Gasteiger partial charge in [-0.15, -0.1) is 0 Å². The molecule has 0 aliphatic carbocycles. The van der Waals surface area contributed by atoms with Gasteiger partial charge < -0.3 is 21.5 Å². The molecule has 1 saturated heterocycles. The van der Waals surface area contributed by atoms with Gasteiger partial charge in [0.2, 0.25) is 0 Å². The van der Waals surface area contributed by atoms with Crippen molar-refractivity contribution >= 4 is 50.9 Å². The number of nitrogen functional groups attached to an aromatic ring is 1. The van der Waals surface area contributed by atoms with Gasteiger partial charge in [-0.3, -0.25) is 19.9 Å². The molecule has 1 amide bonds. The predicted molar refractivity (Wildman–Crippen MR) is 138 cm³/mol. The molecule has 0 radical (unpaired) electrons. The summed E-state index contributed by atoms with van der Waals surface area (Å²) in [6.07, 6.45) is -0.0944. The van der Waals surface area contributed by atoms with E-state index in [0.29, 0.717) is 28.5 Å². The number of carboxylic acid groups (broad SMARTS) is 1. The summed E-state index contributed by atoms with van der Waals surface area (Å²) in [5.41, 5.74) is 7.19. The van der Waals surface area contributed by atoms with Gasteiger partial charge in [-0.2, -0.15) is 12.7 Å². The van der Waals surface area contributed by atoms with Crippen molar-refractivity contribution in [3.63, 3.8) is 0 Å². The van der Waals surface area contributed by atoms with Crippen LogP contribution >= 0.6 is 11.6 Å². The van der Waals surface area contributed by atoms with Crippen molar-refractivity contribution in [1.82, 2.24) is 9.21 Å². The average Bonchev–Trinajstić information content (AvgIpc) is 2.81. The first-order valence-corrected chi connectivity index (χ1v) is 12.8. The summed E-state index contributed by atoms with van der Waals surface area (Å²) >= 11 is 6.14. The maximum absolute atomic E-state index is 13.0. The van der Waals surface area contributed by atoms with E-state index in [1.165, 1.54) is 6.07 Å². The van der Waals surface area contributed by atoms with Gasteiger partial charge in [-0.25, -0.2) is 5.14 Å². The van der Waals surface area contributed by atoms with Crippen molar-refractivity contribution in [2.24, 2.45) is 10.9 Å². The van der Waals surface area contributed by atoms with E-state index in [4.69, 9.17) is 33.0 Å². The second-order valence-electron chi connectivity index (χ2n) is 8.25. The highest BCUT2D eigenvalue weighted by molar-refractivity contribution is 7.86. The van der Waals surface area contributed by atoms with Crippen LogP contribution < -0.4 is 21.5 Å². The maximum atomic E-state index is 13.0. The Bertz CT molecular complexity index is 1240. The molecule has 1 fully saturated rings. The van der Waals surface area contributed by atoms with E-state index in [2.05, 4.69) is 10.6 Å². The number of hydrogen-bond acceptors (Lipinski definition) is 7. The number of nitrogens with zero attached hydrogens (tertiary/aromatic N) is 2. The summed E-state index contributed by atoms with van der Waals surface area (Å²) in [5, 5.41) is 28.1. The number of carbonyl (C=O) groups is 2. The summed E-state index contributed by atoms with van der Waals surface area (Å²) in [5.74, 6) is -1.48. The highest BCUT2D eigenvalue weighted by Gasteiger charge is 2.32. The Morgan fingerprint density at radius 2 is 1.86 bits per heavy atom. The van der Waals surface area contributed by atoms with E-state index in [0.717, 1.165) is 4.31 Å². The third kappa shape index (κ3) is 7.38. The van der Waals surface area contributed by atoms with E-state index in [1.54, 1.807) is 36.4 Å². The molecule has 1 heterocycles. The van der Waals surface area contributed by atoms with Crippen LogP contribution in [0.4, 0.5) is 11.4 Å². The summed E-state index contributed by atoms with van der Waals surface area (Å²) in [6.45, 7) is 1.01. The number of carboxylic acids is 1. The third-order valence-corrected chi connectivity index (χ3v) is 7.03. The zero-order valence-electron chi connectivity index (χ0n) is 19.3. The first-order chi connectivity index (χ1) is 16.9. The van der Waals surface area contributed by atoms with E-state index in [9.17, 15) is 18.0 Å². The van der Waals surface area contributed by atoms with Gasteiger partial charge in [0.05, 0.1) is 12.0 Å². The van der Waals surface area contributed by atoms with Gasteiger partial charge in [-0.1, -0.05) is 11.6 Å². The number of amidine groups is 1. The summed E-state index contributed by atoms with van der Waals surface area (Å²) in [6, 6.07) is 10.8. The minimum absolute atomic E-state index is 0.0725. The van der Waals surface area contributed by atoms with Gasteiger partial charge in [0, 0.05) is 60.7 Å². The van der Waals surface area contributed by atoms with Crippen LogP contribution in [0.1, 0.15) is 22.3 Å². The molecule has 2 aromatic carbocycles. The normalized spacial score (nSPS) is 16.9. The van der Waals surface area contributed by atoms with Gasteiger partial charge in [-0.05, 0) is 42.5 Å². The molecule has 2 aromatic rings. The number of piperazine rings is 1. The Kier molecular flexibility index (Phi) is 8.87. The standard InChI is InChI=1S/C22H28ClN7O5S/c23-15-3-6-19(18(11-15)22(33)28-16-4-1-14(2-5-16)21(24)25)27-12-17-13-30(36(26,34)35)10-9-29(17)8-7-20(31)32/h1-6,11,17,27H,7-10,12-13H2,(H3,24,25)(H,28,33)(H,31,32)(H2,26,34,35). The fourth-order valence-corrected chi connectivity index (χ4v) is 4.73. The molecule has 3 rings (SSSR count). The topological polar surface area (TPSA) is 195 Å². The molecule has 0 bridgehead atoms. The molecular formula is C22H28ClN7O5S. The van der Waals surface area contributed by atoms with Crippen molar-refractivity contribution in [2.45, 2.75) is 12.5 Å². The molecule has 36 heavy (non-hydrogen) atoms. The number of amides is 1. The fraction of sp³-hybridized carbons (Fsp3) is 0.318. The van der Waals surface area contributed by atoms with E-state index in [-0.39, 0.29) is 50.0 Å². The van der Waals surface area contributed by atoms with Crippen molar-refractivity contribution in [3.05, 3.63) is 58.6 Å². The van der Waals surface area contributed by atoms with E-state index < -0.39 is 22.1 Å². The third-order valence-electron chi connectivity index (χ3n) is 5.75. The van der Waals surface area contributed by atoms with E-state index in [1.807, 2.05) is 4.90 Å². The minimum Gasteiger partial charge on any atom is -0.481 e. The van der Waals surface area contributed by atoms with Gasteiger partial charge in [0.15, 0.2) is 0 Å². The second kappa shape index (κ2) is 11.7. The number of hydrogen-bond donors (Lipinski definition) is 6. The molecular weight excluding hydrogens is 510 g/mol. The molecule has 1 atom stereocenters. The zero-order chi connectivity index (χ0) is 26.5. The Morgan fingerprint density at radius 1 is 1.17 bits per heavy atom. The molecule has 1 unspecified atom stereocenters. The summed E-state index contributed by atoms with van der Waals surface area (Å²) in [4.78, 5) is 26.0. The number of anilines is 2. The van der Waals surface area contributed by atoms with Crippen LogP contribution in [0, 0.1) is 5.41 Å². The molecule has 194 valence electrons. The quantitative estimate of drug-likeness (QED) is 0.190. The van der Waals surface area contributed by atoms with Crippen LogP contribution in [0.2, 0.25) is 5.02 Å². The molecule has 0 aromatic heterocycles. The average molecular weight is 538 g/mol. The lowest BCUT2D eigenvalue weighted by Crippen LogP contribution is -2.58. The van der Waals surface area contributed by atoms with Gasteiger partial charge in [0.25, 0.3) is 16.1 Å². The number of carbonyl (C=O) groups excluding carboxylic acids is 1. The molecule has 14 heteroatoms. The molecule has 0 saturated carbocycles. The fourth-order valence-electron chi connectivity index (χ4n) is 3.84. The van der Waals surface area contributed by atoms with Crippen molar-refractivity contribution < 1.29 is 23.1 Å². The van der Waals surface area contributed by atoms with Crippen LogP contribution in [-0.4, -0.2) is 79.2 Å². The van der Waals surface area contributed by atoms with Crippen LogP contribution in [-0.2, 0) is 15.0 Å². The molecule has 12 nitrogen and oxygen atoms in total. The Hall–Kier alpha value is -3.23. The lowest BCUT2D eigenvalue weighted by atomic mass is 10.1. The smallest absolute Gasteiger partial charge is 0.304 e. The number of nitrogens with one attached hydrogen (secondary N) is 3. The van der Waals surface area contributed by atoms with E-state index >= 15 is 0 Å². The molecule has 1 aliphatic heterocycles. The van der Waals surface area contributed by atoms with Crippen LogP contribution in [0.5, 0.6) is 0 Å². The maximum Gasteiger partial charge on any atom is 0.304 e. The minimum atomic E-state index is -3.91. The Balaban J connectivity index is 1.76. The molecule has 0 spiro atoms. The number of rotatable bonds is 10. The number of nitrogens with two attached hydrogens (primary N) is 2. The van der Waals surface area contributed by atoms with Gasteiger partial charge in [0.1, 0.15) is 5.84 Å².